The van der Waals surface area contributed by atoms with Crippen LogP contribution in [0.5, 0.6) is 0 Å². The zero-order chi connectivity index (χ0) is 15.4. The fourth-order valence-corrected chi connectivity index (χ4v) is 2.11. The molecule has 0 unspecified atom stereocenters. The lowest BCUT2D eigenvalue weighted by Gasteiger charge is -2.10. The summed E-state index contributed by atoms with van der Waals surface area (Å²) in [5.74, 6) is -1.70. The number of hydrogen-bond donors (Lipinski definition) is 2. The van der Waals surface area contributed by atoms with Gasteiger partial charge >= 0.3 is 0 Å². The molecule has 0 heterocycles. The maximum absolute atomic E-state index is 13.6. The van der Waals surface area contributed by atoms with Gasteiger partial charge < -0.3 is 10.6 Å². The Morgan fingerprint density at radius 3 is 2.67 bits per heavy atom. The van der Waals surface area contributed by atoms with Crippen LogP contribution in [0.15, 0.2) is 40.9 Å². The monoisotopic (exact) mass is 374 g/mol. The van der Waals surface area contributed by atoms with Crippen LogP contribution in [0, 0.1) is 11.6 Å². The second-order valence-corrected chi connectivity index (χ2v) is 5.45. The largest absolute Gasteiger partial charge is 0.374 e. The number of carbonyl (C=O) groups is 1. The summed E-state index contributed by atoms with van der Waals surface area (Å²) in [6.07, 6.45) is 0. The van der Waals surface area contributed by atoms with Crippen molar-refractivity contribution in [3.63, 3.8) is 0 Å². The molecule has 0 fully saturated rings. The zero-order valence-corrected chi connectivity index (χ0v) is 12.9. The number of hydrogen-bond acceptors (Lipinski definition) is 2. The molecule has 0 aliphatic carbocycles. The highest BCUT2D eigenvalue weighted by Crippen LogP contribution is 2.22. The van der Waals surface area contributed by atoms with Crippen LogP contribution in [0.1, 0.15) is 0 Å². The van der Waals surface area contributed by atoms with Gasteiger partial charge in [0.15, 0.2) is 5.82 Å². The van der Waals surface area contributed by atoms with Gasteiger partial charge in [0.2, 0.25) is 5.91 Å². The van der Waals surface area contributed by atoms with Gasteiger partial charge in [-0.25, -0.2) is 8.78 Å². The fraction of sp³-hybridized carbons (Fsp3) is 0.0714. The van der Waals surface area contributed by atoms with Crippen LogP contribution in [-0.2, 0) is 4.79 Å². The normalized spacial score (nSPS) is 10.3. The van der Waals surface area contributed by atoms with Crippen LogP contribution in [0.25, 0.3) is 0 Å². The quantitative estimate of drug-likeness (QED) is 0.830. The fourth-order valence-electron chi connectivity index (χ4n) is 1.60. The minimum atomic E-state index is -0.637. The first-order valence-corrected chi connectivity index (χ1v) is 7.07. The van der Waals surface area contributed by atoms with Gasteiger partial charge in [-0.3, -0.25) is 4.79 Å². The highest BCUT2D eigenvalue weighted by molar-refractivity contribution is 9.10. The lowest BCUT2D eigenvalue weighted by Crippen LogP contribution is -2.22. The Morgan fingerprint density at radius 1 is 1.19 bits per heavy atom. The molecule has 0 spiro atoms. The van der Waals surface area contributed by atoms with Crippen molar-refractivity contribution in [1.29, 1.82) is 0 Å². The number of benzene rings is 2. The average Bonchev–Trinajstić information content (AvgIpc) is 2.43. The summed E-state index contributed by atoms with van der Waals surface area (Å²) in [5, 5.41) is 4.95. The predicted octanol–water partition coefficient (Wildman–Crippen LogP) is 4.43. The molecule has 0 aromatic heterocycles. The number of anilines is 2. The molecule has 0 aliphatic rings. The third-order valence-electron chi connectivity index (χ3n) is 2.60. The number of nitrogens with one attached hydrogen (secondary N) is 2. The van der Waals surface area contributed by atoms with E-state index in [1.165, 1.54) is 24.3 Å². The molecule has 7 heteroatoms. The van der Waals surface area contributed by atoms with Gasteiger partial charge in [0.1, 0.15) is 5.82 Å². The molecule has 1 amide bonds. The first kappa shape index (κ1) is 15.7. The molecule has 0 saturated heterocycles. The standard InChI is InChI=1S/C14H10BrClF2N2O/c15-8-4-5-11(10(17)6-8)20-13(21)7-19-12-3-1-2-9(16)14(12)18/h1-6,19H,7H2,(H,20,21). The van der Waals surface area contributed by atoms with Crippen molar-refractivity contribution in [1.82, 2.24) is 0 Å². The number of carbonyl (C=O) groups excluding carboxylic acids is 1. The van der Waals surface area contributed by atoms with E-state index in [9.17, 15) is 13.6 Å². The molecule has 0 aliphatic heterocycles. The summed E-state index contributed by atoms with van der Waals surface area (Å²) < 4.78 is 27.7. The second-order valence-electron chi connectivity index (χ2n) is 4.13. The molecule has 2 rings (SSSR count). The maximum atomic E-state index is 13.6. The lowest BCUT2D eigenvalue weighted by molar-refractivity contribution is -0.114. The van der Waals surface area contributed by atoms with Crippen molar-refractivity contribution in [3.8, 4) is 0 Å². The van der Waals surface area contributed by atoms with Gasteiger partial charge in [0.25, 0.3) is 0 Å². The summed E-state index contributed by atoms with van der Waals surface area (Å²) in [4.78, 5) is 11.7. The zero-order valence-electron chi connectivity index (χ0n) is 10.6. The molecule has 0 saturated carbocycles. The molecule has 2 aromatic carbocycles. The Kier molecular flexibility index (Phi) is 5.14. The Balaban J connectivity index is 1.97. The lowest BCUT2D eigenvalue weighted by atomic mass is 10.3. The minimum absolute atomic E-state index is 0.0423. The van der Waals surface area contributed by atoms with Crippen LogP contribution < -0.4 is 10.6 Å². The van der Waals surface area contributed by atoms with Crippen molar-refractivity contribution in [2.45, 2.75) is 0 Å². The summed E-state index contributed by atoms with van der Waals surface area (Å²) in [7, 11) is 0. The molecule has 0 atom stereocenters. The molecule has 0 bridgehead atoms. The second kappa shape index (κ2) is 6.87. The van der Waals surface area contributed by atoms with Crippen molar-refractivity contribution >= 4 is 44.8 Å². The summed E-state index contributed by atoms with van der Waals surface area (Å²) in [5.41, 5.74) is 0.158. The third-order valence-corrected chi connectivity index (χ3v) is 3.38. The van der Waals surface area contributed by atoms with E-state index < -0.39 is 17.5 Å². The molecule has 2 aromatic rings. The van der Waals surface area contributed by atoms with Crippen LogP contribution in [0.4, 0.5) is 20.2 Å². The predicted molar refractivity (Wildman–Crippen MR) is 82.6 cm³/mol. The third kappa shape index (κ3) is 4.15. The Labute approximate surface area is 133 Å². The summed E-state index contributed by atoms with van der Waals surface area (Å²) in [6.45, 7) is -0.216. The van der Waals surface area contributed by atoms with Crippen molar-refractivity contribution in [2.75, 3.05) is 17.2 Å². The molecule has 110 valence electrons. The first-order chi connectivity index (χ1) is 9.97. The Morgan fingerprint density at radius 2 is 1.95 bits per heavy atom. The van der Waals surface area contributed by atoms with Gasteiger partial charge in [-0.1, -0.05) is 33.6 Å². The van der Waals surface area contributed by atoms with E-state index in [1.54, 1.807) is 12.1 Å². The molecular formula is C14H10BrClF2N2O. The SMILES string of the molecule is O=C(CNc1cccc(Cl)c1F)Nc1ccc(Br)cc1F. The molecular weight excluding hydrogens is 366 g/mol. The van der Waals surface area contributed by atoms with Crippen LogP contribution >= 0.6 is 27.5 Å². The maximum Gasteiger partial charge on any atom is 0.243 e. The van der Waals surface area contributed by atoms with Gasteiger partial charge in [0, 0.05) is 4.47 Å². The summed E-state index contributed by atoms with van der Waals surface area (Å²) in [6, 6.07) is 8.67. The number of rotatable bonds is 4. The topological polar surface area (TPSA) is 41.1 Å². The van der Waals surface area contributed by atoms with Crippen LogP contribution in [-0.4, -0.2) is 12.5 Å². The van der Waals surface area contributed by atoms with E-state index in [-0.39, 0.29) is 22.9 Å². The molecule has 21 heavy (non-hydrogen) atoms. The van der Waals surface area contributed by atoms with Gasteiger partial charge in [0.05, 0.1) is 22.9 Å². The highest BCUT2D eigenvalue weighted by Gasteiger charge is 2.10. The molecule has 3 nitrogen and oxygen atoms in total. The smallest absolute Gasteiger partial charge is 0.243 e. The van der Waals surface area contributed by atoms with Crippen molar-refractivity contribution in [2.24, 2.45) is 0 Å². The Bertz CT molecular complexity index is 682. The van der Waals surface area contributed by atoms with Gasteiger partial charge in [-0.05, 0) is 30.3 Å². The van der Waals surface area contributed by atoms with Gasteiger partial charge in [-0.2, -0.15) is 0 Å². The Hall–Kier alpha value is -1.66. The van der Waals surface area contributed by atoms with E-state index in [2.05, 4.69) is 26.6 Å². The van der Waals surface area contributed by atoms with E-state index in [4.69, 9.17) is 11.6 Å². The highest BCUT2D eigenvalue weighted by atomic mass is 79.9. The van der Waals surface area contributed by atoms with E-state index in [0.29, 0.717) is 4.47 Å². The minimum Gasteiger partial charge on any atom is -0.374 e. The van der Waals surface area contributed by atoms with E-state index in [1.807, 2.05) is 0 Å². The van der Waals surface area contributed by atoms with Crippen LogP contribution in [0.3, 0.4) is 0 Å². The van der Waals surface area contributed by atoms with E-state index in [0.717, 1.165) is 0 Å². The number of halogens is 4. The average molecular weight is 376 g/mol. The van der Waals surface area contributed by atoms with Crippen LogP contribution in [0.2, 0.25) is 5.02 Å². The number of amides is 1. The van der Waals surface area contributed by atoms with Crippen molar-refractivity contribution in [3.05, 3.63) is 57.5 Å². The first-order valence-electron chi connectivity index (χ1n) is 5.90. The van der Waals surface area contributed by atoms with E-state index >= 15 is 0 Å². The van der Waals surface area contributed by atoms with Gasteiger partial charge in [-0.15, -0.1) is 0 Å². The summed E-state index contributed by atoms with van der Waals surface area (Å²) >= 11 is 8.74. The molecule has 0 radical (unpaired) electrons. The molecule has 2 N–H and O–H groups in total. The van der Waals surface area contributed by atoms with Crippen molar-refractivity contribution < 1.29 is 13.6 Å².